The Labute approximate surface area is 254 Å². The van der Waals surface area contributed by atoms with Gasteiger partial charge in [-0.15, -0.1) is 11.3 Å². The van der Waals surface area contributed by atoms with E-state index in [1.54, 1.807) is 12.3 Å². The fourth-order valence-electron chi connectivity index (χ4n) is 4.42. The van der Waals surface area contributed by atoms with Crippen LogP contribution in [0.3, 0.4) is 0 Å². The Kier molecular flexibility index (Phi) is 18.9. The summed E-state index contributed by atoms with van der Waals surface area (Å²) in [5.41, 5.74) is 6.12. The van der Waals surface area contributed by atoms with E-state index >= 15 is 0 Å². The minimum absolute atomic E-state index is 0.0976. The molecule has 1 saturated carbocycles. The van der Waals surface area contributed by atoms with Crippen molar-refractivity contribution in [2.45, 2.75) is 119 Å². The van der Waals surface area contributed by atoms with E-state index in [0.29, 0.717) is 11.7 Å². The smallest absolute Gasteiger partial charge is 0.258 e. The summed E-state index contributed by atoms with van der Waals surface area (Å²) >= 11 is 1.51. The summed E-state index contributed by atoms with van der Waals surface area (Å²) in [7, 11) is 0. The molecule has 1 aliphatic carbocycles. The molecule has 0 amide bonds. The first-order valence-electron chi connectivity index (χ1n) is 15.8. The van der Waals surface area contributed by atoms with Crippen LogP contribution in [-0.2, 0) is 11.2 Å². The second-order valence-corrected chi connectivity index (χ2v) is 11.5. The number of H-pyrrole nitrogens is 1. The maximum absolute atomic E-state index is 12.3. The molecular formula is C36H56N2O2S. The van der Waals surface area contributed by atoms with E-state index in [2.05, 4.69) is 72.2 Å². The van der Waals surface area contributed by atoms with Crippen molar-refractivity contribution in [3.63, 3.8) is 0 Å². The van der Waals surface area contributed by atoms with E-state index < -0.39 is 0 Å². The third-order valence-electron chi connectivity index (χ3n) is 6.82. The number of allylic oxidation sites excluding steroid dienone is 7. The van der Waals surface area contributed by atoms with Crippen molar-refractivity contribution in [1.29, 1.82) is 0 Å². The highest BCUT2D eigenvalue weighted by Crippen LogP contribution is 2.35. The van der Waals surface area contributed by atoms with Gasteiger partial charge in [0.2, 0.25) is 0 Å². The van der Waals surface area contributed by atoms with Crippen LogP contribution in [0.15, 0.2) is 64.5 Å². The van der Waals surface area contributed by atoms with Crippen molar-refractivity contribution in [1.82, 2.24) is 9.97 Å². The van der Waals surface area contributed by atoms with Crippen LogP contribution in [0.25, 0.3) is 16.1 Å². The maximum Gasteiger partial charge on any atom is 0.258 e. The Morgan fingerprint density at radius 3 is 2.44 bits per heavy atom. The Bertz CT molecular complexity index is 1160. The van der Waals surface area contributed by atoms with Gasteiger partial charge in [0.15, 0.2) is 0 Å². The number of hydrogen-bond donors (Lipinski definition) is 1. The molecule has 1 atom stereocenters. The standard InChI is InChI=1S/C23H28N2OS.C10H20O.C3H8/c1-6-10-12-19(16(5)11-7-2)18(9-4)21-15-27-23(25-21)20-13-17(8-3)14-24-22(20)26;1-3-5-8-11-10(4-2)9-6-7-9;1-3-2/h6,9-10,12-15H,1,7-8,11H2,2-5H3,(H,24,26);9-10H,3-8H2,1-2H3;3H2,1-2H3/b12-10-,18-9+,19-16-;;. The van der Waals surface area contributed by atoms with Gasteiger partial charge >= 0.3 is 0 Å². The van der Waals surface area contributed by atoms with Crippen LogP contribution in [0.2, 0.25) is 0 Å². The van der Waals surface area contributed by atoms with Gasteiger partial charge in [0.1, 0.15) is 5.01 Å². The number of unbranched alkanes of at least 4 members (excludes halogenated alkanes) is 1. The maximum atomic E-state index is 12.3. The first kappa shape index (κ1) is 36.5. The van der Waals surface area contributed by atoms with E-state index in [4.69, 9.17) is 9.72 Å². The van der Waals surface area contributed by atoms with Crippen LogP contribution >= 0.6 is 11.3 Å². The summed E-state index contributed by atoms with van der Waals surface area (Å²) in [5, 5.41) is 2.78. The third kappa shape index (κ3) is 12.9. The molecule has 0 saturated heterocycles. The largest absolute Gasteiger partial charge is 0.378 e. The Morgan fingerprint density at radius 1 is 1.20 bits per heavy atom. The van der Waals surface area contributed by atoms with E-state index in [1.807, 2.05) is 24.4 Å². The lowest BCUT2D eigenvalue weighted by molar-refractivity contribution is 0.0341. The van der Waals surface area contributed by atoms with Gasteiger partial charge in [-0.1, -0.05) is 97.3 Å². The minimum atomic E-state index is -0.0976. The Balaban J connectivity index is 0.000000496. The van der Waals surface area contributed by atoms with Crippen molar-refractivity contribution in [2.75, 3.05) is 6.61 Å². The first-order chi connectivity index (χ1) is 19.8. The molecule has 0 radical (unpaired) electrons. The predicted molar refractivity (Wildman–Crippen MR) is 182 cm³/mol. The third-order valence-corrected chi connectivity index (χ3v) is 7.70. The lowest BCUT2D eigenvalue weighted by atomic mass is 9.95. The van der Waals surface area contributed by atoms with Crippen LogP contribution in [0.4, 0.5) is 0 Å². The normalized spacial score (nSPS) is 14.5. The molecule has 4 nitrogen and oxygen atoms in total. The Hall–Kier alpha value is -2.50. The van der Waals surface area contributed by atoms with Crippen molar-refractivity contribution in [3.05, 3.63) is 81.3 Å². The average molecular weight is 581 g/mol. The number of aryl methyl sites for hydroxylation is 1. The number of nitrogens with zero attached hydrogens (tertiary/aromatic N) is 1. The van der Waals surface area contributed by atoms with E-state index in [1.165, 1.54) is 61.0 Å². The monoisotopic (exact) mass is 580 g/mol. The molecule has 0 aromatic carbocycles. The van der Waals surface area contributed by atoms with Crippen LogP contribution in [0.5, 0.6) is 0 Å². The van der Waals surface area contributed by atoms with Crippen LogP contribution in [0.1, 0.15) is 118 Å². The Morgan fingerprint density at radius 2 is 1.90 bits per heavy atom. The zero-order valence-corrected chi connectivity index (χ0v) is 28.0. The molecule has 1 N–H and O–H groups in total. The fraction of sp³-hybridized carbons (Fsp3) is 0.556. The molecule has 0 aliphatic heterocycles. The minimum Gasteiger partial charge on any atom is -0.378 e. The molecule has 5 heteroatoms. The molecule has 2 aromatic heterocycles. The second-order valence-electron chi connectivity index (χ2n) is 10.6. The number of nitrogens with one attached hydrogen (secondary N) is 1. The van der Waals surface area contributed by atoms with E-state index in [-0.39, 0.29) is 5.56 Å². The molecule has 0 spiro atoms. The molecule has 2 heterocycles. The van der Waals surface area contributed by atoms with Gasteiger partial charge in [-0.05, 0) is 75.5 Å². The number of hydrogen-bond acceptors (Lipinski definition) is 4. The number of ether oxygens (including phenoxy) is 1. The molecule has 228 valence electrons. The summed E-state index contributed by atoms with van der Waals surface area (Å²) in [6.45, 7) is 21.9. The highest BCUT2D eigenvalue weighted by Gasteiger charge is 2.30. The average Bonchev–Trinajstić information content (AvgIpc) is 3.71. The van der Waals surface area contributed by atoms with Crippen molar-refractivity contribution in [2.24, 2.45) is 5.92 Å². The van der Waals surface area contributed by atoms with Gasteiger partial charge in [-0.2, -0.15) is 0 Å². The predicted octanol–water partition coefficient (Wildman–Crippen LogP) is 10.7. The molecule has 0 bridgehead atoms. The molecule has 3 rings (SSSR count). The first-order valence-corrected chi connectivity index (χ1v) is 16.7. The van der Waals surface area contributed by atoms with Crippen molar-refractivity contribution >= 4 is 16.9 Å². The zero-order chi connectivity index (χ0) is 30.6. The summed E-state index contributed by atoms with van der Waals surface area (Å²) < 4.78 is 5.76. The molecule has 1 fully saturated rings. The summed E-state index contributed by atoms with van der Waals surface area (Å²) in [6.07, 6.45) is 21.0. The van der Waals surface area contributed by atoms with Crippen molar-refractivity contribution in [3.8, 4) is 10.6 Å². The number of rotatable bonds is 14. The lowest BCUT2D eigenvalue weighted by Crippen LogP contribution is -2.14. The number of pyridine rings is 1. The summed E-state index contributed by atoms with van der Waals surface area (Å²) in [4.78, 5) is 19.9. The summed E-state index contributed by atoms with van der Waals surface area (Å²) in [5.74, 6) is 0.914. The topological polar surface area (TPSA) is 55.0 Å². The van der Waals surface area contributed by atoms with Crippen LogP contribution in [0, 0.1) is 5.92 Å². The van der Waals surface area contributed by atoms with Gasteiger partial charge in [-0.25, -0.2) is 4.98 Å². The summed E-state index contributed by atoms with van der Waals surface area (Å²) in [6, 6.07) is 1.94. The van der Waals surface area contributed by atoms with Gasteiger partial charge < -0.3 is 9.72 Å². The number of aromatic amines is 1. The van der Waals surface area contributed by atoms with Crippen molar-refractivity contribution < 1.29 is 4.74 Å². The molecule has 1 unspecified atom stereocenters. The van der Waals surface area contributed by atoms with Crippen LogP contribution < -0.4 is 5.56 Å². The van der Waals surface area contributed by atoms with Crippen LogP contribution in [-0.4, -0.2) is 22.7 Å². The van der Waals surface area contributed by atoms with E-state index in [9.17, 15) is 4.79 Å². The fourth-order valence-corrected chi connectivity index (χ4v) is 5.26. The van der Waals surface area contributed by atoms with E-state index in [0.717, 1.165) is 53.6 Å². The molecule has 1 aliphatic rings. The SMILES string of the molecule is C=C\C=C/C(=C(\C)CCC)C(=C\C)/c1csc(-c2cc(CC)c[nH]c2=O)n1.CCC.CCCCOC(CC)C1CC1. The van der Waals surface area contributed by atoms with Gasteiger partial charge in [0.25, 0.3) is 5.56 Å². The lowest BCUT2D eigenvalue weighted by Gasteiger charge is -2.14. The zero-order valence-electron chi connectivity index (χ0n) is 27.1. The van der Waals surface area contributed by atoms with Gasteiger partial charge in [-0.3, -0.25) is 4.79 Å². The molecule has 2 aromatic rings. The van der Waals surface area contributed by atoms with Gasteiger partial charge in [0, 0.05) is 23.8 Å². The number of aromatic nitrogens is 2. The highest BCUT2D eigenvalue weighted by atomic mass is 32.1. The number of thiazole rings is 1. The molecule has 41 heavy (non-hydrogen) atoms. The second kappa shape index (κ2) is 21.2. The molecular weight excluding hydrogens is 524 g/mol. The quantitative estimate of drug-likeness (QED) is 0.179. The van der Waals surface area contributed by atoms with Gasteiger partial charge in [0.05, 0.1) is 17.4 Å². The highest BCUT2D eigenvalue weighted by molar-refractivity contribution is 7.13.